The lowest BCUT2D eigenvalue weighted by atomic mass is 9.75. The molecule has 1 atom stereocenters. The van der Waals surface area contributed by atoms with Gasteiger partial charge in [-0.25, -0.2) is 0 Å². The number of hydrogen-bond donors (Lipinski definition) is 2. The highest BCUT2D eigenvalue weighted by molar-refractivity contribution is 5.50. The van der Waals surface area contributed by atoms with E-state index in [0.717, 1.165) is 11.1 Å². The summed E-state index contributed by atoms with van der Waals surface area (Å²) in [6.07, 6.45) is 6.41. The first-order valence-corrected chi connectivity index (χ1v) is 9.15. The van der Waals surface area contributed by atoms with Crippen molar-refractivity contribution in [3.8, 4) is 5.75 Å². The fourth-order valence-electron chi connectivity index (χ4n) is 3.76. The van der Waals surface area contributed by atoms with Gasteiger partial charge in [0.15, 0.2) is 0 Å². The van der Waals surface area contributed by atoms with Gasteiger partial charge in [0.05, 0.1) is 0 Å². The minimum Gasteiger partial charge on any atom is -0.507 e. The minimum atomic E-state index is -0.0909. The highest BCUT2D eigenvalue weighted by Gasteiger charge is 2.29. The molecule has 1 aromatic carbocycles. The third kappa shape index (κ3) is 4.09. The third-order valence-electron chi connectivity index (χ3n) is 5.29. The van der Waals surface area contributed by atoms with Crippen LogP contribution in [-0.2, 0) is 10.8 Å². The third-order valence-corrected chi connectivity index (χ3v) is 5.29. The summed E-state index contributed by atoms with van der Waals surface area (Å²) >= 11 is 0. The zero-order valence-electron chi connectivity index (χ0n) is 15.9. The second kappa shape index (κ2) is 6.47. The molecule has 0 radical (unpaired) electrons. The molecule has 0 saturated heterocycles. The summed E-state index contributed by atoms with van der Waals surface area (Å²) < 4.78 is 0. The van der Waals surface area contributed by atoms with Crippen LogP contribution in [0.1, 0.15) is 96.4 Å². The smallest absolute Gasteiger partial charge is 0.123 e. The Morgan fingerprint density at radius 2 is 1.35 bits per heavy atom. The van der Waals surface area contributed by atoms with Crippen molar-refractivity contribution < 1.29 is 5.11 Å². The van der Waals surface area contributed by atoms with Crippen molar-refractivity contribution >= 4 is 0 Å². The summed E-state index contributed by atoms with van der Waals surface area (Å²) in [5.41, 5.74) is 9.72. The van der Waals surface area contributed by atoms with Gasteiger partial charge in [-0.05, 0) is 58.4 Å². The molecule has 1 aromatic rings. The van der Waals surface area contributed by atoms with Crippen LogP contribution in [0.2, 0.25) is 0 Å². The largest absolute Gasteiger partial charge is 0.507 e. The van der Waals surface area contributed by atoms with Crippen molar-refractivity contribution in [3.63, 3.8) is 0 Å². The van der Waals surface area contributed by atoms with Gasteiger partial charge >= 0.3 is 0 Å². The van der Waals surface area contributed by atoms with Crippen molar-refractivity contribution in [3.05, 3.63) is 28.8 Å². The van der Waals surface area contributed by atoms with Gasteiger partial charge in [0.2, 0.25) is 0 Å². The molecule has 1 aliphatic carbocycles. The molecule has 1 fully saturated rings. The van der Waals surface area contributed by atoms with E-state index in [2.05, 4.69) is 53.7 Å². The number of nitrogens with two attached hydrogens (primary N) is 1. The average molecular weight is 318 g/mol. The van der Waals surface area contributed by atoms with Crippen molar-refractivity contribution in [2.75, 3.05) is 0 Å². The SMILES string of the molecule is CC(C)(C)c1cc([C@H](N)C2CCCCC2)cc(C(C)(C)C)c1O. The van der Waals surface area contributed by atoms with Gasteiger partial charge in [0, 0.05) is 6.04 Å². The van der Waals surface area contributed by atoms with Gasteiger partial charge in [-0.15, -0.1) is 0 Å². The Morgan fingerprint density at radius 1 is 0.913 bits per heavy atom. The second-order valence-electron chi connectivity index (χ2n) is 9.39. The fraction of sp³-hybridized carbons (Fsp3) is 0.714. The van der Waals surface area contributed by atoms with Crippen molar-refractivity contribution in [1.82, 2.24) is 0 Å². The lowest BCUT2D eigenvalue weighted by molar-refractivity contribution is 0.307. The molecule has 0 aromatic heterocycles. The van der Waals surface area contributed by atoms with Crippen LogP contribution in [0, 0.1) is 5.92 Å². The van der Waals surface area contributed by atoms with E-state index in [0.29, 0.717) is 11.7 Å². The summed E-state index contributed by atoms with van der Waals surface area (Å²) in [6.45, 7) is 12.9. The molecular formula is C21H35NO. The molecule has 2 rings (SSSR count). The highest BCUT2D eigenvalue weighted by Crippen LogP contribution is 2.42. The molecule has 3 N–H and O–H groups in total. The summed E-state index contributed by atoms with van der Waals surface area (Å²) in [4.78, 5) is 0. The van der Waals surface area contributed by atoms with E-state index in [-0.39, 0.29) is 16.9 Å². The standard InChI is InChI=1S/C21H35NO/c1-20(2,3)16-12-15(13-17(19(16)23)21(4,5)6)18(22)14-10-8-7-9-11-14/h12-14,18,23H,7-11,22H2,1-6H3/t18-/m1/s1. The molecule has 0 bridgehead atoms. The first-order chi connectivity index (χ1) is 10.5. The van der Waals surface area contributed by atoms with E-state index in [1.165, 1.54) is 37.7 Å². The molecule has 0 amide bonds. The molecule has 1 saturated carbocycles. The number of benzene rings is 1. The summed E-state index contributed by atoms with van der Waals surface area (Å²) in [5.74, 6) is 1.03. The maximum Gasteiger partial charge on any atom is 0.123 e. The first kappa shape index (κ1) is 18.3. The van der Waals surface area contributed by atoms with E-state index < -0.39 is 0 Å². The van der Waals surface area contributed by atoms with E-state index in [1.54, 1.807) is 0 Å². The van der Waals surface area contributed by atoms with E-state index in [4.69, 9.17) is 5.73 Å². The van der Waals surface area contributed by atoms with E-state index in [9.17, 15) is 5.11 Å². The number of phenolic OH excluding ortho intramolecular Hbond substituents is 1. The Labute approximate surface area is 142 Å². The molecule has 130 valence electrons. The van der Waals surface area contributed by atoms with Gasteiger partial charge in [-0.1, -0.05) is 60.8 Å². The van der Waals surface area contributed by atoms with Crippen molar-refractivity contribution in [2.24, 2.45) is 11.7 Å². The number of phenols is 1. The molecule has 0 aliphatic heterocycles. The van der Waals surface area contributed by atoms with Crippen LogP contribution in [0.3, 0.4) is 0 Å². The zero-order chi connectivity index (χ0) is 17.4. The summed E-state index contributed by atoms with van der Waals surface area (Å²) in [5, 5.41) is 10.8. The van der Waals surface area contributed by atoms with Gasteiger partial charge in [-0.2, -0.15) is 0 Å². The van der Waals surface area contributed by atoms with Crippen LogP contribution in [0.5, 0.6) is 5.75 Å². The Bertz CT molecular complexity index is 507. The number of rotatable bonds is 2. The molecule has 23 heavy (non-hydrogen) atoms. The number of aromatic hydroxyl groups is 1. The fourth-order valence-corrected chi connectivity index (χ4v) is 3.76. The lowest BCUT2D eigenvalue weighted by Gasteiger charge is -2.32. The van der Waals surface area contributed by atoms with Crippen LogP contribution in [0.25, 0.3) is 0 Å². The van der Waals surface area contributed by atoms with Crippen molar-refractivity contribution in [1.29, 1.82) is 0 Å². The Balaban J connectivity index is 2.51. The van der Waals surface area contributed by atoms with E-state index in [1.807, 2.05) is 0 Å². The maximum absolute atomic E-state index is 10.8. The normalized spacial score (nSPS) is 18.9. The van der Waals surface area contributed by atoms with Crippen LogP contribution in [0.4, 0.5) is 0 Å². The molecule has 0 unspecified atom stereocenters. The molecule has 0 spiro atoms. The zero-order valence-corrected chi connectivity index (χ0v) is 15.9. The van der Waals surface area contributed by atoms with Gasteiger partial charge in [0.1, 0.15) is 5.75 Å². The van der Waals surface area contributed by atoms with Crippen molar-refractivity contribution in [2.45, 2.75) is 90.5 Å². The molecule has 0 heterocycles. The maximum atomic E-state index is 10.8. The quantitative estimate of drug-likeness (QED) is 0.749. The molecule has 2 heteroatoms. The van der Waals surface area contributed by atoms with Crippen LogP contribution < -0.4 is 5.73 Å². The predicted molar refractivity (Wildman–Crippen MR) is 99.0 cm³/mol. The van der Waals surface area contributed by atoms with Crippen LogP contribution >= 0.6 is 0 Å². The highest BCUT2D eigenvalue weighted by atomic mass is 16.3. The van der Waals surface area contributed by atoms with Crippen LogP contribution in [0.15, 0.2) is 12.1 Å². The summed E-state index contributed by atoms with van der Waals surface area (Å²) in [7, 11) is 0. The monoisotopic (exact) mass is 317 g/mol. The lowest BCUT2D eigenvalue weighted by Crippen LogP contribution is -2.25. The summed E-state index contributed by atoms with van der Waals surface area (Å²) in [6, 6.07) is 4.39. The van der Waals surface area contributed by atoms with Gasteiger partial charge < -0.3 is 10.8 Å². The predicted octanol–water partition coefficient (Wildman–Crippen LogP) is 5.57. The molecule has 2 nitrogen and oxygen atoms in total. The minimum absolute atomic E-state index is 0.0816. The first-order valence-electron chi connectivity index (χ1n) is 9.15. The average Bonchev–Trinajstić information content (AvgIpc) is 2.45. The molecule has 1 aliphatic rings. The van der Waals surface area contributed by atoms with Crippen LogP contribution in [-0.4, -0.2) is 5.11 Å². The van der Waals surface area contributed by atoms with Gasteiger partial charge in [0.25, 0.3) is 0 Å². The molecular weight excluding hydrogens is 282 g/mol. The Kier molecular flexibility index (Phi) is 5.15. The van der Waals surface area contributed by atoms with E-state index >= 15 is 0 Å². The Hall–Kier alpha value is -1.02. The Morgan fingerprint density at radius 3 is 1.74 bits per heavy atom. The van der Waals surface area contributed by atoms with Gasteiger partial charge in [-0.3, -0.25) is 0 Å². The number of hydrogen-bond acceptors (Lipinski definition) is 2. The topological polar surface area (TPSA) is 46.2 Å². The second-order valence-corrected chi connectivity index (χ2v) is 9.39.